The molecule has 1 saturated carbocycles. The number of aromatic nitrogens is 3. The van der Waals surface area contributed by atoms with Gasteiger partial charge in [-0.25, -0.2) is 14.1 Å². The van der Waals surface area contributed by atoms with Crippen molar-refractivity contribution in [3.8, 4) is 0 Å². The Balaban J connectivity index is 1.52. The topological polar surface area (TPSA) is 71.8 Å². The van der Waals surface area contributed by atoms with Crippen molar-refractivity contribution in [1.82, 2.24) is 20.1 Å². The lowest BCUT2D eigenvalue weighted by Crippen LogP contribution is -2.41. The van der Waals surface area contributed by atoms with Crippen LogP contribution in [-0.2, 0) is 13.0 Å². The molecule has 11 heteroatoms. The van der Waals surface area contributed by atoms with E-state index in [2.05, 4.69) is 20.7 Å². The molecule has 2 aromatic heterocycles. The fraction of sp³-hybridized carbons (Fsp3) is 0.381. The van der Waals surface area contributed by atoms with Crippen molar-refractivity contribution in [1.29, 1.82) is 0 Å². The van der Waals surface area contributed by atoms with Gasteiger partial charge < -0.3 is 10.6 Å². The zero-order valence-electron chi connectivity index (χ0n) is 16.8. The van der Waals surface area contributed by atoms with Gasteiger partial charge in [0.1, 0.15) is 5.69 Å². The molecule has 1 fully saturated rings. The summed E-state index contributed by atoms with van der Waals surface area (Å²) in [4.78, 5) is 16.1. The molecule has 0 aliphatic heterocycles. The number of fused-ring (bicyclic) bond motifs is 1. The van der Waals surface area contributed by atoms with E-state index in [1.807, 2.05) is 0 Å². The molecule has 0 spiro atoms. The first kappa shape index (κ1) is 22.3. The molecule has 6 nitrogen and oxygen atoms in total. The van der Waals surface area contributed by atoms with E-state index >= 15 is 0 Å². The van der Waals surface area contributed by atoms with Crippen LogP contribution in [0.25, 0.3) is 10.9 Å². The second-order valence-corrected chi connectivity index (χ2v) is 8.22. The van der Waals surface area contributed by atoms with Crippen LogP contribution in [0.4, 0.5) is 23.2 Å². The quantitative estimate of drug-likeness (QED) is 0.505. The molecule has 1 aliphatic carbocycles. The molecule has 2 atom stereocenters. The lowest BCUT2D eigenvalue weighted by atomic mass is 9.90. The highest BCUT2D eigenvalue weighted by Gasteiger charge is 2.34. The summed E-state index contributed by atoms with van der Waals surface area (Å²) in [5.74, 6) is -0.365. The molecule has 170 valence electrons. The Kier molecular flexibility index (Phi) is 6.23. The van der Waals surface area contributed by atoms with E-state index in [4.69, 9.17) is 11.6 Å². The highest BCUT2D eigenvalue weighted by Crippen LogP contribution is 2.35. The van der Waals surface area contributed by atoms with E-state index in [0.717, 1.165) is 30.0 Å². The van der Waals surface area contributed by atoms with Gasteiger partial charge in [-0.1, -0.05) is 11.6 Å². The largest absolute Gasteiger partial charge is 0.433 e. The lowest BCUT2D eigenvalue weighted by Gasteiger charge is -2.31. The van der Waals surface area contributed by atoms with E-state index in [9.17, 15) is 22.4 Å². The predicted octanol–water partition coefficient (Wildman–Crippen LogP) is 5.18. The zero-order chi connectivity index (χ0) is 22.9. The van der Waals surface area contributed by atoms with E-state index in [1.165, 1.54) is 24.5 Å². The molecule has 4 rings (SSSR count). The molecule has 0 radical (unpaired) electrons. The van der Waals surface area contributed by atoms with Crippen molar-refractivity contribution < 1.29 is 22.4 Å². The smallest absolute Gasteiger partial charge is 0.382 e. The predicted molar refractivity (Wildman–Crippen MR) is 112 cm³/mol. The summed E-state index contributed by atoms with van der Waals surface area (Å²) in [7, 11) is 0. The van der Waals surface area contributed by atoms with Gasteiger partial charge in [0.15, 0.2) is 6.80 Å². The van der Waals surface area contributed by atoms with Crippen LogP contribution >= 0.6 is 11.6 Å². The van der Waals surface area contributed by atoms with Crippen LogP contribution in [0.1, 0.15) is 41.7 Å². The van der Waals surface area contributed by atoms with Crippen molar-refractivity contribution in [3.05, 3.63) is 52.9 Å². The Bertz CT molecular complexity index is 1130. The van der Waals surface area contributed by atoms with Crippen LogP contribution < -0.4 is 10.6 Å². The number of nitrogens with zero attached hydrogens (tertiary/aromatic N) is 3. The summed E-state index contributed by atoms with van der Waals surface area (Å²) in [5.41, 5.74) is -0.244. The molecule has 32 heavy (non-hydrogen) atoms. The summed E-state index contributed by atoms with van der Waals surface area (Å²) < 4.78 is 53.7. The van der Waals surface area contributed by atoms with Gasteiger partial charge in [0.25, 0.3) is 5.91 Å². The van der Waals surface area contributed by atoms with Gasteiger partial charge in [0, 0.05) is 34.4 Å². The molecular weight excluding hydrogens is 450 g/mol. The molecule has 0 bridgehead atoms. The number of anilines is 1. The number of halogens is 5. The Morgan fingerprint density at radius 2 is 2.00 bits per heavy atom. The minimum Gasteiger partial charge on any atom is -0.382 e. The normalized spacial score (nSPS) is 19.2. The second kappa shape index (κ2) is 8.93. The maximum Gasteiger partial charge on any atom is 0.433 e. The fourth-order valence-electron chi connectivity index (χ4n) is 3.95. The average Bonchev–Trinajstić information content (AvgIpc) is 3.23. The first-order chi connectivity index (χ1) is 15.2. The van der Waals surface area contributed by atoms with Gasteiger partial charge in [0.2, 0.25) is 0 Å². The number of alkyl halides is 4. The van der Waals surface area contributed by atoms with Crippen LogP contribution in [0.15, 0.2) is 36.7 Å². The van der Waals surface area contributed by atoms with Gasteiger partial charge in [0.05, 0.1) is 17.3 Å². The molecule has 2 N–H and O–H groups in total. The van der Waals surface area contributed by atoms with Crippen molar-refractivity contribution in [2.24, 2.45) is 0 Å². The molecule has 3 aromatic rings. The standard InChI is InChI=1S/C21H20ClF4N5O/c22-13-4-5-17-16(6-13)18(8-19(30-17)21(24,25)26)28-14-2-1-3-15(7-14)29-20(32)12-9-27-31(10-12)11-23/h4-6,8-10,14-15H,1-3,7,11H2,(H,28,30)(H,29,32)/t14-,15+/m0/s1. The van der Waals surface area contributed by atoms with Gasteiger partial charge >= 0.3 is 6.18 Å². The van der Waals surface area contributed by atoms with Gasteiger partial charge in [-0.05, 0) is 49.9 Å². The third-order valence-corrected chi connectivity index (χ3v) is 5.68. The van der Waals surface area contributed by atoms with Crippen LogP contribution in [0.3, 0.4) is 0 Å². The van der Waals surface area contributed by atoms with Crippen LogP contribution in [-0.4, -0.2) is 32.8 Å². The number of carbonyl (C=O) groups is 1. The highest BCUT2D eigenvalue weighted by atomic mass is 35.5. The number of pyridine rings is 1. The molecule has 1 aliphatic rings. The first-order valence-electron chi connectivity index (χ1n) is 10.1. The van der Waals surface area contributed by atoms with Crippen molar-refractivity contribution >= 4 is 34.1 Å². The van der Waals surface area contributed by atoms with Crippen molar-refractivity contribution in [3.63, 3.8) is 0 Å². The van der Waals surface area contributed by atoms with E-state index in [1.54, 1.807) is 6.07 Å². The minimum atomic E-state index is -4.59. The lowest BCUT2D eigenvalue weighted by molar-refractivity contribution is -0.140. The maximum atomic E-state index is 13.4. The Labute approximate surface area is 186 Å². The van der Waals surface area contributed by atoms with Gasteiger partial charge in [-0.15, -0.1) is 0 Å². The number of hydrogen-bond donors (Lipinski definition) is 2. The summed E-state index contributed by atoms with van der Waals surface area (Å²) in [6, 6.07) is 5.19. The minimum absolute atomic E-state index is 0.159. The highest BCUT2D eigenvalue weighted by molar-refractivity contribution is 6.31. The second-order valence-electron chi connectivity index (χ2n) is 7.78. The number of nitrogens with one attached hydrogen (secondary N) is 2. The molecule has 0 unspecified atom stereocenters. The summed E-state index contributed by atoms with van der Waals surface area (Å²) in [6.07, 6.45) is 0.794. The molecule has 1 aromatic carbocycles. The Morgan fingerprint density at radius 1 is 1.22 bits per heavy atom. The number of hydrogen-bond acceptors (Lipinski definition) is 4. The van der Waals surface area contributed by atoms with Gasteiger partial charge in [-0.2, -0.15) is 18.3 Å². The Hall–Kier alpha value is -2.88. The van der Waals surface area contributed by atoms with Gasteiger partial charge in [-0.3, -0.25) is 4.79 Å². The van der Waals surface area contributed by atoms with Crippen molar-refractivity contribution in [2.45, 2.75) is 50.7 Å². The fourth-order valence-corrected chi connectivity index (χ4v) is 4.12. The van der Waals surface area contributed by atoms with Crippen LogP contribution in [0, 0.1) is 0 Å². The molecule has 2 heterocycles. The molecular formula is C21H20ClF4N5O. The monoisotopic (exact) mass is 469 g/mol. The number of benzene rings is 1. The number of amides is 1. The van der Waals surface area contributed by atoms with E-state index in [0.29, 0.717) is 22.5 Å². The Morgan fingerprint density at radius 3 is 2.72 bits per heavy atom. The van der Waals surface area contributed by atoms with Crippen LogP contribution in [0.5, 0.6) is 0 Å². The molecule has 1 amide bonds. The summed E-state index contributed by atoms with van der Waals surface area (Å²) in [6.45, 7) is -0.827. The first-order valence-corrected chi connectivity index (χ1v) is 10.4. The average molecular weight is 470 g/mol. The molecule has 0 saturated heterocycles. The summed E-state index contributed by atoms with van der Waals surface area (Å²) >= 11 is 6.06. The van der Waals surface area contributed by atoms with Crippen LogP contribution in [0.2, 0.25) is 5.02 Å². The number of rotatable bonds is 5. The maximum absolute atomic E-state index is 13.4. The zero-order valence-corrected chi connectivity index (χ0v) is 17.5. The third kappa shape index (κ3) is 4.95. The van der Waals surface area contributed by atoms with Crippen molar-refractivity contribution in [2.75, 3.05) is 5.32 Å². The van der Waals surface area contributed by atoms with E-state index in [-0.39, 0.29) is 29.1 Å². The van der Waals surface area contributed by atoms with E-state index < -0.39 is 18.7 Å². The SMILES string of the molecule is O=C(N[C@@H]1CCC[C@H](Nc2cc(C(F)(F)F)nc3ccc(Cl)cc23)C1)c1cnn(CF)c1. The third-order valence-electron chi connectivity index (χ3n) is 5.45. The number of carbonyl (C=O) groups excluding carboxylic acids is 1. The summed E-state index contributed by atoms with van der Waals surface area (Å²) in [5, 5.41) is 10.7.